The molecule has 0 bridgehead atoms. The van der Waals surface area contributed by atoms with Crippen molar-refractivity contribution < 1.29 is 4.79 Å². The first-order chi connectivity index (χ1) is 10.1. The Hall–Kier alpha value is -2.87. The van der Waals surface area contributed by atoms with Gasteiger partial charge in [0.25, 0.3) is 0 Å². The van der Waals surface area contributed by atoms with Crippen LogP contribution in [0.5, 0.6) is 0 Å². The third kappa shape index (κ3) is 3.80. The van der Waals surface area contributed by atoms with Crippen LogP contribution >= 0.6 is 0 Å². The molecule has 0 aliphatic rings. The van der Waals surface area contributed by atoms with Gasteiger partial charge in [0.2, 0.25) is 5.91 Å². The standard InChI is InChI=1S/C16H16N4O/c1-11(2)16(21)19-13-7-8-15(18-10-13)20-14-6-4-3-5-12(14)9-17/h3-8,10-11H,1-2H3,(H,18,20)(H,19,21). The number of hydrogen-bond donors (Lipinski definition) is 2. The summed E-state index contributed by atoms with van der Waals surface area (Å²) in [6.45, 7) is 3.66. The number of para-hydroxylation sites is 1. The van der Waals surface area contributed by atoms with Gasteiger partial charge in [-0.15, -0.1) is 0 Å². The minimum absolute atomic E-state index is 0.0488. The van der Waals surface area contributed by atoms with Gasteiger partial charge < -0.3 is 10.6 Å². The first-order valence-corrected chi connectivity index (χ1v) is 6.63. The molecule has 5 nitrogen and oxygen atoms in total. The van der Waals surface area contributed by atoms with Crippen LogP contribution in [0, 0.1) is 17.2 Å². The van der Waals surface area contributed by atoms with Crippen LogP contribution in [0.2, 0.25) is 0 Å². The first kappa shape index (κ1) is 14.5. The summed E-state index contributed by atoms with van der Waals surface area (Å²) >= 11 is 0. The maximum atomic E-state index is 11.6. The molecule has 2 rings (SSSR count). The van der Waals surface area contributed by atoms with E-state index in [-0.39, 0.29) is 11.8 Å². The second-order valence-electron chi connectivity index (χ2n) is 4.86. The largest absolute Gasteiger partial charge is 0.339 e. The Bertz CT molecular complexity index is 671. The number of carbonyl (C=O) groups is 1. The monoisotopic (exact) mass is 280 g/mol. The zero-order valence-corrected chi connectivity index (χ0v) is 11.9. The van der Waals surface area contributed by atoms with E-state index in [1.165, 1.54) is 0 Å². The van der Waals surface area contributed by atoms with Gasteiger partial charge in [0.15, 0.2) is 0 Å². The number of rotatable bonds is 4. The number of anilines is 3. The van der Waals surface area contributed by atoms with Crippen LogP contribution in [0.1, 0.15) is 19.4 Å². The molecule has 0 aliphatic carbocycles. The van der Waals surface area contributed by atoms with Crippen molar-refractivity contribution in [3.05, 3.63) is 48.2 Å². The summed E-state index contributed by atoms with van der Waals surface area (Å²) in [5.74, 6) is 0.484. The second kappa shape index (κ2) is 6.53. The molecule has 1 amide bonds. The molecule has 0 saturated carbocycles. The van der Waals surface area contributed by atoms with Crippen LogP contribution in [0.3, 0.4) is 0 Å². The predicted octanol–water partition coefficient (Wildman–Crippen LogP) is 3.29. The molecule has 0 radical (unpaired) electrons. The number of hydrogen-bond acceptors (Lipinski definition) is 4. The molecule has 0 unspecified atom stereocenters. The molecule has 1 aromatic heterocycles. The minimum Gasteiger partial charge on any atom is -0.339 e. The lowest BCUT2D eigenvalue weighted by molar-refractivity contribution is -0.118. The van der Waals surface area contributed by atoms with Gasteiger partial charge in [0, 0.05) is 5.92 Å². The summed E-state index contributed by atoms with van der Waals surface area (Å²) in [5, 5.41) is 14.9. The van der Waals surface area contributed by atoms with Gasteiger partial charge >= 0.3 is 0 Å². The lowest BCUT2D eigenvalue weighted by Crippen LogP contribution is -2.17. The molecule has 0 fully saturated rings. The Morgan fingerprint density at radius 1 is 1.24 bits per heavy atom. The molecule has 2 N–H and O–H groups in total. The molecule has 0 spiro atoms. The van der Waals surface area contributed by atoms with Crippen LogP contribution in [0.15, 0.2) is 42.6 Å². The van der Waals surface area contributed by atoms with E-state index in [4.69, 9.17) is 5.26 Å². The maximum absolute atomic E-state index is 11.6. The molecular weight excluding hydrogens is 264 g/mol. The van der Waals surface area contributed by atoms with E-state index in [2.05, 4.69) is 21.7 Å². The van der Waals surface area contributed by atoms with Gasteiger partial charge in [-0.1, -0.05) is 26.0 Å². The lowest BCUT2D eigenvalue weighted by atomic mass is 10.2. The number of pyridine rings is 1. The average Bonchev–Trinajstić information content (AvgIpc) is 2.49. The number of carbonyl (C=O) groups excluding carboxylic acids is 1. The van der Waals surface area contributed by atoms with Crippen LogP contribution < -0.4 is 10.6 Å². The van der Waals surface area contributed by atoms with Crippen molar-refractivity contribution in [2.24, 2.45) is 5.92 Å². The molecule has 0 aliphatic heterocycles. The van der Waals surface area contributed by atoms with Gasteiger partial charge in [-0.05, 0) is 24.3 Å². The number of nitriles is 1. The van der Waals surface area contributed by atoms with E-state index >= 15 is 0 Å². The molecule has 0 saturated heterocycles. The van der Waals surface area contributed by atoms with E-state index in [9.17, 15) is 4.79 Å². The Kier molecular flexibility index (Phi) is 4.52. The number of nitrogens with one attached hydrogen (secondary N) is 2. The molecule has 2 aromatic rings. The summed E-state index contributed by atoms with van der Waals surface area (Å²) in [6.07, 6.45) is 1.58. The van der Waals surface area contributed by atoms with Crippen molar-refractivity contribution in [3.63, 3.8) is 0 Å². The van der Waals surface area contributed by atoms with E-state index in [1.807, 2.05) is 32.0 Å². The topological polar surface area (TPSA) is 77.8 Å². The zero-order valence-electron chi connectivity index (χ0n) is 11.9. The van der Waals surface area contributed by atoms with E-state index in [0.29, 0.717) is 22.8 Å². The van der Waals surface area contributed by atoms with Crippen molar-refractivity contribution in [2.45, 2.75) is 13.8 Å². The predicted molar refractivity (Wildman–Crippen MR) is 82.1 cm³/mol. The quantitative estimate of drug-likeness (QED) is 0.900. The fourth-order valence-corrected chi connectivity index (χ4v) is 1.66. The van der Waals surface area contributed by atoms with Crippen molar-refractivity contribution in [3.8, 4) is 6.07 Å². The molecular formula is C16H16N4O. The molecule has 1 aromatic carbocycles. The third-order valence-electron chi connectivity index (χ3n) is 2.87. The number of amides is 1. The zero-order chi connectivity index (χ0) is 15.2. The highest BCUT2D eigenvalue weighted by atomic mass is 16.1. The maximum Gasteiger partial charge on any atom is 0.226 e. The Morgan fingerprint density at radius 2 is 2.00 bits per heavy atom. The van der Waals surface area contributed by atoms with Gasteiger partial charge in [-0.3, -0.25) is 4.79 Å². The Morgan fingerprint density at radius 3 is 2.62 bits per heavy atom. The van der Waals surface area contributed by atoms with Gasteiger partial charge in [0.1, 0.15) is 11.9 Å². The van der Waals surface area contributed by atoms with E-state index < -0.39 is 0 Å². The van der Waals surface area contributed by atoms with Crippen LogP contribution in [0.25, 0.3) is 0 Å². The van der Waals surface area contributed by atoms with Crippen molar-refractivity contribution in [2.75, 3.05) is 10.6 Å². The second-order valence-corrected chi connectivity index (χ2v) is 4.86. The average molecular weight is 280 g/mol. The normalized spacial score (nSPS) is 10.0. The smallest absolute Gasteiger partial charge is 0.226 e. The lowest BCUT2D eigenvalue weighted by Gasteiger charge is -2.09. The van der Waals surface area contributed by atoms with Crippen LogP contribution in [-0.4, -0.2) is 10.9 Å². The highest BCUT2D eigenvalue weighted by Gasteiger charge is 2.07. The van der Waals surface area contributed by atoms with E-state index in [0.717, 1.165) is 0 Å². The molecule has 1 heterocycles. The number of nitrogens with zero attached hydrogens (tertiary/aromatic N) is 2. The number of aromatic nitrogens is 1. The molecule has 21 heavy (non-hydrogen) atoms. The Labute approximate surface area is 123 Å². The summed E-state index contributed by atoms with van der Waals surface area (Å²) in [6, 6.07) is 12.8. The molecule has 0 atom stereocenters. The Balaban J connectivity index is 2.09. The van der Waals surface area contributed by atoms with Crippen LogP contribution in [-0.2, 0) is 4.79 Å². The fourth-order valence-electron chi connectivity index (χ4n) is 1.66. The van der Waals surface area contributed by atoms with Gasteiger partial charge in [-0.2, -0.15) is 5.26 Å². The first-order valence-electron chi connectivity index (χ1n) is 6.63. The fraction of sp³-hybridized carbons (Fsp3) is 0.188. The van der Waals surface area contributed by atoms with Crippen molar-refractivity contribution in [1.82, 2.24) is 4.98 Å². The van der Waals surface area contributed by atoms with Crippen LogP contribution in [0.4, 0.5) is 17.2 Å². The van der Waals surface area contributed by atoms with Crippen molar-refractivity contribution in [1.29, 1.82) is 5.26 Å². The summed E-state index contributed by atoms with van der Waals surface area (Å²) < 4.78 is 0. The number of benzene rings is 1. The minimum atomic E-state index is -0.0784. The highest BCUT2D eigenvalue weighted by Crippen LogP contribution is 2.19. The van der Waals surface area contributed by atoms with Gasteiger partial charge in [0.05, 0.1) is 23.1 Å². The van der Waals surface area contributed by atoms with Gasteiger partial charge in [-0.25, -0.2) is 4.98 Å². The third-order valence-corrected chi connectivity index (χ3v) is 2.87. The summed E-state index contributed by atoms with van der Waals surface area (Å²) in [5.41, 5.74) is 1.90. The highest BCUT2D eigenvalue weighted by molar-refractivity contribution is 5.91. The van der Waals surface area contributed by atoms with Crippen molar-refractivity contribution >= 4 is 23.1 Å². The summed E-state index contributed by atoms with van der Waals surface area (Å²) in [7, 11) is 0. The molecule has 106 valence electrons. The SMILES string of the molecule is CC(C)C(=O)Nc1ccc(Nc2ccccc2C#N)nc1. The molecule has 5 heteroatoms. The summed E-state index contributed by atoms with van der Waals surface area (Å²) in [4.78, 5) is 15.8. The van der Waals surface area contributed by atoms with E-state index in [1.54, 1.807) is 24.4 Å².